The zero-order chi connectivity index (χ0) is 26.7. The normalized spacial score (nSPS) is 17.9. The van der Waals surface area contributed by atoms with Gasteiger partial charge in [0, 0.05) is 32.0 Å². The Bertz CT molecular complexity index is 1350. The van der Waals surface area contributed by atoms with Crippen LogP contribution in [-0.2, 0) is 17.5 Å². The van der Waals surface area contributed by atoms with E-state index in [0.717, 1.165) is 49.8 Å². The van der Waals surface area contributed by atoms with E-state index in [1.165, 1.54) is 0 Å². The van der Waals surface area contributed by atoms with Gasteiger partial charge in [0.05, 0.1) is 33.2 Å². The monoisotopic (exact) mass is 543 g/mol. The van der Waals surface area contributed by atoms with Crippen LogP contribution < -0.4 is 15.5 Å². The summed E-state index contributed by atoms with van der Waals surface area (Å²) >= 11 is 0.837. The van der Waals surface area contributed by atoms with Gasteiger partial charge in [0.2, 0.25) is 5.95 Å². The van der Waals surface area contributed by atoms with E-state index in [-0.39, 0.29) is 12.2 Å². The molecule has 5 heterocycles. The number of thioether (sulfide) groups is 1. The zero-order valence-corrected chi connectivity index (χ0v) is 20.9. The summed E-state index contributed by atoms with van der Waals surface area (Å²) in [4.78, 5) is 41.7. The minimum Gasteiger partial charge on any atom is -0.360 e. The van der Waals surface area contributed by atoms with Crippen LogP contribution in [0.4, 0.5) is 23.9 Å². The van der Waals surface area contributed by atoms with Crippen molar-refractivity contribution < 1.29 is 22.8 Å². The van der Waals surface area contributed by atoms with E-state index < -0.39 is 22.9 Å². The topological polar surface area (TPSA) is 116 Å². The first-order valence-corrected chi connectivity index (χ1v) is 12.8. The van der Waals surface area contributed by atoms with Gasteiger partial charge >= 0.3 is 6.18 Å². The molecule has 2 saturated heterocycles. The molecule has 0 spiro atoms. The first kappa shape index (κ1) is 25.9. The fourth-order valence-electron chi connectivity index (χ4n) is 4.36. The molecule has 198 valence electrons. The fraction of sp³-hybridized carbons (Fsp3) is 0.320. The lowest BCUT2D eigenvalue weighted by molar-refractivity contribution is -0.137. The lowest BCUT2D eigenvalue weighted by atomic mass is 9.97. The number of carbonyl (C=O) groups excluding carboxylic acids is 2. The molecule has 0 bridgehead atoms. The standard InChI is InChI=1S/C25H24F3N7O2S/c26-25(27,28)16-10-18(32-20(11-16)19-2-1-6-30-19)14-29-13-15-4-8-35(9-5-15)23-31-7-3-17(33-23)12-21-22(36)34-24(37)38-21/h1-3,6-7,10-12,15,29-30H,4-5,8-9,13-14H2,(H,34,36,37)/b21-12-. The Hall–Kier alpha value is -3.71. The Balaban J connectivity index is 1.16. The quantitative estimate of drug-likeness (QED) is 0.380. The molecule has 3 N–H and O–H groups in total. The summed E-state index contributed by atoms with van der Waals surface area (Å²) in [7, 11) is 0. The molecule has 2 aliphatic rings. The number of halogens is 3. The number of hydrogen-bond acceptors (Lipinski definition) is 8. The minimum atomic E-state index is -4.46. The van der Waals surface area contributed by atoms with Gasteiger partial charge in [-0.25, -0.2) is 15.0 Å². The smallest absolute Gasteiger partial charge is 0.360 e. The van der Waals surface area contributed by atoms with Gasteiger partial charge in [-0.2, -0.15) is 13.2 Å². The van der Waals surface area contributed by atoms with Crippen molar-refractivity contribution in [3.8, 4) is 11.4 Å². The van der Waals surface area contributed by atoms with E-state index in [1.807, 2.05) is 0 Å². The number of rotatable bonds is 7. The third kappa shape index (κ3) is 6.22. The first-order valence-electron chi connectivity index (χ1n) is 12.0. The summed E-state index contributed by atoms with van der Waals surface area (Å²) in [6.45, 7) is 2.32. The summed E-state index contributed by atoms with van der Waals surface area (Å²) < 4.78 is 40.3. The highest BCUT2D eigenvalue weighted by atomic mass is 32.2. The Morgan fingerprint density at radius 3 is 2.66 bits per heavy atom. The molecular weight excluding hydrogens is 519 g/mol. The molecule has 2 fully saturated rings. The molecule has 2 amide bonds. The number of hydrogen-bond donors (Lipinski definition) is 3. The third-order valence-electron chi connectivity index (χ3n) is 6.30. The number of aromatic amines is 1. The van der Waals surface area contributed by atoms with Crippen molar-refractivity contribution in [3.63, 3.8) is 0 Å². The van der Waals surface area contributed by atoms with Crippen LogP contribution in [0.25, 0.3) is 17.5 Å². The maximum absolute atomic E-state index is 13.4. The van der Waals surface area contributed by atoms with Crippen LogP contribution in [-0.4, -0.2) is 50.7 Å². The lowest BCUT2D eigenvalue weighted by Crippen LogP contribution is -2.38. The minimum absolute atomic E-state index is 0.228. The summed E-state index contributed by atoms with van der Waals surface area (Å²) in [5, 5.41) is 5.08. The van der Waals surface area contributed by atoms with Gasteiger partial charge in [-0.1, -0.05) is 0 Å². The van der Waals surface area contributed by atoms with E-state index in [2.05, 4.69) is 35.5 Å². The second-order valence-electron chi connectivity index (χ2n) is 9.01. The second kappa shape index (κ2) is 11.0. The van der Waals surface area contributed by atoms with Crippen molar-refractivity contribution >= 4 is 34.9 Å². The van der Waals surface area contributed by atoms with Crippen LogP contribution in [0.3, 0.4) is 0 Å². The number of pyridine rings is 1. The predicted octanol–water partition coefficient (Wildman–Crippen LogP) is 4.22. The largest absolute Gasteiger partial charge is 0.416 e. The van der Waals surface area contributed by atoms with Gasteiger partial charge in [0.1, 0.15) is 0 Å². The van der Waals surface area contributed by atoms with Crippen molar-refractivity contribution in [2.75, 3.05) is 24.5 Å². The number of nitrogens with zero attached hydrogens (tertiary/aromatic N) is 4. The Labute approximate surface area is 220 Å². The van der Waals surface area contributed by atoms with Crippen LogP contribution in [0.1, 0.15) is 29.8 Å². The van der Waals surface area contributed by atoms with E-state index in [4.69, 9.17) is 0 Å². The molecule has 2 aliphatic heterocycles. The van der Waals surface area contributed by atoms with E-state index in [9.17, 15) is 22.8 Å². The molecule has 9 nitrogen and oxygen atoms in total. The molecule has 3 aromatic rings. The maximum Gasteiger partial charge on any atom is 0.416 e. The molecule has 0 aliphatic carbocycles. The van der Waals surface area contributed by atoms with Gasteiger partial charge in [0.15, 0.2) is 0 Å². The number of carbonyl (C=O) groups is 2. The van der Waals surface area contributed by atoms with Gasteiger partial charge in [0.25, 0.3) is 11.1 Å². The van der Waals surface area contributed by atoms with Crippen LogP contribution in [0, 0.1) is 5.92 Å². The van der Waals surface area contributed by atoms with E-state index >= 15 is 0 Å². The predicted molar refractivity (Wildman–Crippen MR) is 137 cm³/mol. The Morgan fingerprint density at radius 1 is 1.16 bits per heavy atom. The summed E-state index contributed by atoms with van der Waals surface area (Å²) in [6, 6.07) is 7.22. The number of alkyl halides is 3. The lowest BCUT2D eigenvalue weighted by Gasteiger charge is -2.32. The van der Waals surface area contributed by atoms with Crippen molar-refractivity contribution in [1.82, 2.24) is 30.6 Å². The van der Waals surface area contributed by atoms with Crippen LogP contribution in [0.2, 0.25) is 0 Å². The van der Waals surface area contributed by atoms with Crippen LogP contribution in [0.5, 0.6) is 0 Å². The molecule has 5 rings (SSSR count). The number of aromatic nitrogens is 4. The van der Waals surface area contributed by atoms with E-state index in [1.54, 1.807) is 36.7 Å². The highest BCUT2D eigenvalue weighted by molar-refractivity contribution is 8.18. The van der Waals surface area contributed by atoms with Crippen molar-refractivity contribution in [2.24, 2.45) is 5.92 Å². The zero-order valence-electron chi connectivity index (χ0n) is 20.1. The van der Waals surface area contributed by atoms with Gasteiger partial charge in [-0.05, 0) is 73.5 Å². The molecule has 0 atom stereocenters. The summed E-state index contributed by atoms with van der Waals surface area (Å²) in [6.07, 6.45) is 2.09. The van der Waals surface area contributed by atoms with Gasteiger partial charge < -0.3 is 15.2 Å². The highest BCUT2D eigenvalue weighted by Crippen LogP contribution is 2.32. The van der Waals surface area contributed by atoms with Crippen LogP contribution in [0.15, 0.2) is 47.6 Å². The molecule has 38 heavy (non-hydrogen) atoms. The fourth-order valence-corrected chi connectivity index (χ4v) is 5.03. The molecule has 0 saturated carbocycles. The van der Waals surface area contributed by atoms with Crippen molar-refractivity contribution in [3.05, 3.63) is 64.6 Å². The SMILES string of the molecule is O=C1NC(=O)/C(=C/c2ccnc(N3CCC(CNCc4cc(C(F)(F)F)cc(-c5ccc[nH]5)n4)CC3)n2)S1. The molecule has 0 aromatic carbocycles. The number of anilines is 1. The van der Waals surface area contributed by atoms with E-state index in [0.29, 0.717) is 40.4 Å². The number of H-pyrrole nitrogens is 1. The molecule has 0 unspecified atom stereocenters. The Morgan fingerprint density at radius 2 is 1.97 bits per heavy atom. The molecule has 13 heteroatoms. The van der Waals surface area contributed by atoms with Crippen molar-refractivity contribution in [1.29, 1.82) is 0 Å². The summed E-state index contributed by atoms with van der Waals surface area (Å²) in [5.74, 6) is 0.453. The summed E-state index contributed by atoms with van der Waals surface area (Å²) in [5.41, 5.74) is 0.937. The molecular formula is C25H24F3N7O2S. The Kier molecular flexibility index (Phi) is 7.47. The molecule has 3 aromatic heterocycles. The third-order valence-corrected chi connectivity index (χ3v) is 7.11. The molecule has 0 radical (unpaired) electrons. The van der Waals surface area contributed by atoms with Gasteiger partial charge in [-0.15, -0.1) is 0 Å². The average molecular weight is 544 g/mol. The van der Waals surface area contributed by atoms with Crippen molar-refractivity contribution in [2.45, 2.75) is 25.6 Å². The number of nitrogens with one attached hydrogen (secondary N) is 3. The average Bonchev–Trinajstić information content (AvgIpc) is 3.54. The van der Waals surface area contributed by atoms with Crippen LogP contribution >= 0.6 is 11.8 Å². The number of imide groups is 1. The highest BCUT2D eigenvalue weighted by Gasteiger charge is 2.32. The first-order chi connectivity index (χ1) is 18.2. The maximum atomic E-state index is 13.4. The number of amides is 2. The second-order valence-corrected chi connectivity index (χ2v) is 10.0. The number of piperidine rings is 1. The van der Waals surface area contributed by atoms with Gasteiger partial charge in [-0.3, -0.25) is 14.9 Å².